The third-order valence-corrected chi connectivity index (χ3v) is 4.09. The van der Waals surface area contributed by atoms with Crippen molar-refractivity contribution in [3.63, 3.8) is 0 Å². The van der Waals surface area contributed by atoms with E-state index in [0.29, 0.717) is 13.2 Å². The smallest absolute Gasteiger partial charge is 0.134 e. The second kappa shape index (κ2) is 7.81. The Kier molecular flexibility index (Phi) is 5.29. The minimum atomic E-state index is 0.605. The van der Waals surface area contributed by atoms with Crippen molar-refractivity contribution in [2.45, 2.75) is 26.2 Å². The lowest BCUT2D eigenvalue weighted by Crippen LogP contribution is -2.30. The van der Waals surface area contributed by atoms with Gasteiger partial charge in [0.05, 0.1) is 6.54 Å². The fraction of sp³-hybridized carbons (Fsp3) is 0.444. The van der Waals surface area contributed by atoms with Crippen LogP contribution in [0.25, 0.3) is 0 Å². The molecule has 1 N–H and O–H groups in total. The standard InChI is InChI=1S/C18H24N4O/c1-15-7-3-4-8-16(15)23-12-9-19-17-13-18(21-14-20-17)22-10-5-2-6-11-22/h3-4,7-8,13-14H,2,5-6,9-12H2,1H3,(H,19,20,21). The summed E-state index contributed by atoms with van der Waals surface area (Å²) in [4.78, 5) is 11.0. The van der Waals surface area contributed by atoms with Crippen LogP contribution in [0.15, 0.2) is 36.7 Å². The van der Waals surface area contributed by atoms with E-state index in [1.165, 1.54) is 19.3 Å². The lowest BCUT2D eigenvalue weighted by Gasteiger charge is -2.27. The topological polar surface area (TPSA) is 50.3 Å². The second-order valence-electron chi connectivity index (χ2n) is 5.85. The van der Waals surface area contributed by atoms with E-state index < -0.39 is 0 Å². The average molecular weight is 312 g/mol. The van der Waals surface area contributed by atoms with Gasteiger partial charge in [0.15, 0.2) is 0 Å². The number of rotatable bonds is 6. The maximum absolute atomic E-state index is 5.79. The van der Waals surface area contributed by atoms with Crippen molar-refractivity contribution < 1.29 is 4.74 Å². The molecule has 5 heteroatoms. The summed E-state index contributed by atoms with van der Waals surface area (Å²) in [5.74, 6) is 2.81. The number of nitrogens with one attached hydrogen (secondary N) is 1. The van der Waals surface area contributed by atoms with E-state index >= 15 is 0 Å². The number of anilines is 2. The second-order valence-corrected chi connectivity index (χ2v) is 5.85. The van der Waals surface area contributed by atoms with Gasteiger partial charge in [-0.1, -0.05) is 18.2 Å². The molecule has 1 aromatic heterocycles. The van der Waals surface area contributed by atoms with E-state index in [9.17, 15) is 0 Å². The zero-order valence-electron chi connectivity index (χ0n) is 13.7. The molecule has 1 saturated heterocycles. The first-order chi connectivity index (χ1) is 11.3. The van der Waals surface area contributed by atoms with Crippen molar-refractivity contribution in [1.82, 2.24) is 9.97 Å². The first-order valence-corrected chi connectivity index (χ1v) is 8.32. The van der Waals surface area contributed by atoms with Crippen LogP contribution in [0, 0.1) is 6.92 Å². The van der Waals surface area contributed by atoms with E-state index in [0.717, 1.165) is 36.0 Å². The van der Waals surface area contributed by atoms with Crippen LogP contribution in [0.1, 0.15) is 24.8 Å². The lowest BCUT2D eigenvalue weighted by atomic mass is 10.1. The Labute approximate surface area is 137 Å². The van der Waals surface area contributed by atoms with Crippen LogP contribution in [-0.2, 0) is 0 Å². The van der Waals surface area contributed by atoms with Gasteiger partial charge in [-0.15, -0.1) is 0 Å². The quantitative estimate of drug-likeness (QED) is 0.830. The molecule has 3 rings (SSSR count). The van der Waals surface area contributed by atoms with E-state index in [1.807, 2.05) is 24.3 Å². The fourth-order valence-electron chi connectivity index (χ4n) is 2.80. The van der Waals surface area contributed by atoms with Crippen LogP contribution in [0.3, 0.4) is 0 Å². The zero-order chi connectivity index (χ0) is 15.9. The van der Waals surface area contributed by atoms with Gasteiger partial charge < -0.3 is 15.0 Å². The third-order valence-electron chi connectivity index (χ3n) is 4.09. The van der Waals surface area contributed by atoms with E-state index in [1.54, 1.807) is 6.33 Å². The number of ether oxygens (including phenoxy) is 1. The molecule has 1 aromatic carbocycles. The molecule has 0 radical (unpaired) electrons. The molecule has 5 nitrogen and oxygen atoms in total. The number of hydrogen-bond donors (Lipinski definition) is 1. The predicted molar refractivity (Wildman–Crippen MR) is 93.3 cm³/mol. The highest BCUT2D eigenvalue weighted by Crippen LogP contribution is 2.19. The highest BCUT2D eigenvalue weighted by atomic mass is 16.5. The molecule has 0 saturated carbocycles. The van der Waals surface area contributed by atoms with Gasteiger partial charge >= 0.3 is 0 Å². The molecule has 2 heterocycles. The number of nitrogens with zero attached hydrogens (tertiary/aromatic N) is 3. The lowest BCUT2D eigenvalue weighted by molar-refractivity contribution is 0.330. The van der Waals surface area contributed by atoms with Gasteiger partial charge in [0.2, 0.25) is 0 Å². The van der Waals surface area contributed by atoms with Crippen LogP contribution in [0.5, 0.6) is 5.75 Å². The molecule has 0 unspecified atom stereocenters. The Morgan fingerprint density at radius 3 is 2.78 bits per heavy atom. The van der Waals surface area contributed by atoms with Crippen molar-refractivity contribution in [3.05, 3.63) is 42.2 Å². The van der Waals surface area contributed by atoms with Crippen LogP contribution in [0.2, 0.25) is 0 Å². The molecule has 2 aromatic rings. The Hall–Kier alpha value is -2.30. The predicted octanol–water partition coefficient (Wildman–Crippen LogP) is 3.27. The number of benzene rings is 1. The Balaban J connectivity index is 1.49. The summed E-state index contributed by atoms with van der Waals surface area (Å²) in [6.07, 6.45) is 5.45. The molecule has 0 bridgehead atoms. The van der Waals surface area contributed by atoms with E-state index in [2.05, 4.69) is 33.2 Å². The van der Waals surface area contributed by atoms with Crippen molar-refractivity contribution in [3.8, 4) is 5.75 Å². The molecule has 1 aliphatic rings. The Bertz CT molecular complexity index is 626. The van der Waals surface area contributed by atoms with Crippen molar-refractivity contribution in [1.29, 1.82) is 0 Å². The summed E-state index contributed by atoms with van der Waals surface area (Å²) in [5.41, 5.74) is 1.15. The first-order valence-electron chi connectivity index (χ1n) is 8.32. The van der Waals surface area contributed by atoms with Gasteiger partial charge in [-0.2, -0.15) is 0 Å². The summed E-state index contributed by atoms with van der Waals surface area (Å²) in [7, 11) is 0. The summed E-state index contributed by atoms with van der Waals surface area (Å²) in [5, 5.41) is 3.31. The maximum atomic E-state index is 5.79. The van der Waals surface area contributed by atoms with Crippen molar-refractivity contribution >= 4 is 11.6 Å². The molecule has 1 fully saturated rings. The monoisotopic (exact) mass is 312 g/mol. The summed E-state index contributed by atoms with van der Waals surface area (Å²) in [6, 6.07) is 10.1. The Morgan fingerprint density at radius 2 is 1.96 bits per heavy atom. The van der Waals surface area contributed by atoms with Gasteiger partial charge in [0.25, 0.3) is 0 Å². The minimum absolute atomic E-state index is 0.605. The zero-order valence-corrected chi connectivity index (χ0v) is 13.7. The molecule has 122 valence electrons. The van der Waals surface area contributed by atoms with E-state index in [-0.39, 0.29) is 0 Å². The molecule has 0 aliphatic carbocycles. The number of para-hydroxylation sites is 1. The van der Waals surface area contributed by atoms with Gasteiger partial charge in [-0.3, -0.25) is 0 Å². The van der Waals surface area contributed by atoms with Crippen LogP contribution in [0.4, 0.5) is 11.6 Å². The molecule has 1 aliphatic heterocycles. The van der Waals surface area contributed by atoms with Crippen LogP contribution < -0.4 is 15.0 Å². The van der Waals surface area contributed by atoms with Crippen molar-refractivity contribution in [2.75, 3.05) is 36.5 Å². The third kappa shape index (κ3) is 4.34. The molecule has 0 amide bonds. The van der Waals surface area contributed by atoms with Gasteiger partial charge in [-0.05, 0) is 37.8 Å². The molecular formula is C18H24N4O. The molecular weight excluding hydrogens is 288 g/mol. The normalized spacial score (nSPS) is 14.6. The summed E-state index contributed by atoms with van der Waals surface area (Å²) in [6.45, 7) is 5.55. The number of aryl methyl sites for hydroxylation is 1. The Morgan fingerprint density at radius 1 is 1.13 bits per heavy atom. The average Bonchev–Trinajstić information content (AvgIpc) is 2.61. The van der Waals surface area contributed by atoms with E-state index in [4.69, 9.17) is 4.74 Å². The van der Waals surface area contributed by atoms with Gasteiger partial charge in [-0.25, -0.2) is 9.97 Å². The highest BCUT2D eigenvalue weighted by Gasteiger charge is 2.12. The number of piperidine rings is 1. The molecule has 23 heavy (non-hydrogen) atoms. The summed E-state index contributed by atoms with van der Waals surface area (Å²) >= 11 is 0. The molecule has 0 atom stereocenters. The van der Waals surface area contributed by atoms with Crippen LogP contribution in [-0.4, -0.2) is 36.2 Å². The maximum Gasteiger partial charge on any atom is 0.134 e. The van der Waals surface area contributed by atoms with Gasteiger partial charge in [0.1, 0.15) is 30.3 Å². The largest absolute Gasteiger partial charge is 0.491 e. The SMILES string of the molecule is Cc1ccccc1OCCNc1cc(N2CCCCC2)ncn1. The van der Waals surface area contributed by atoms with Gasteiger partial charge in [0, 0.05) is 19.2 Å². The highest BCUT2D eigenvalue weighted by molar-refractivity contribution is 5.48. The van der Waals surface area contributed by atoms with Crippen LogP contribution >= 0.6 is 0 Å². The summed E-state index contributed by atoms with van der Waals surface area (Å²) < 4.78 is 5.79. The fourth-order valence-corrected chi connectivity index (χ4v) is 2.80. The van der Waals surface area contributed by atoms with Crippen molar-refractivity contribution in [2.24, 2.45) is 0 Å². The molecule has 0 spiro atoms. The minimum Gasteiger partial charge on any atom is -0.491 e. The number of aromatic nitrogens is 2. The first kappa shape index (κ1) is 15.6. The number of hydrogen-bond acceptors (Lipinski definition) is 5.